The molecule has 0 heterocycles. The Morgan fingerprint density at radius 2 is 2.20 bits per heavy atom. The standard InChI is InChI=1S/C17H22N2O/c1-3-19(12-14-6-7-14)17(20)16-9-8-15(5-4-10-18)13(2)11-16/h8-9,11,14H,3,6-7,10,12,18H2,1-2H3. The number of hydrogen-bond acceptors (Lipinski definition) is 2. The van der Waals surface area contributed by atoms with Crippen molar-refractivity contribution in [1.29, 1.82) is 0 Å². The first-order chi connectivity index (χ1) is 9.65. The summed E-state index contributed by atoms with van der Waals surface area (Å²) in [4.78, 5) is 14.4. The second-order valence-electron chi connectivity index (χ2n) is 5.32. The Labute approximate surface area is 121 Å². The number of nitrogens with zero attached hydrogens (tertiary/aromatic N) is 1. The van der Waals surface area contributed by atoms with E-state index in [0.717, 1.165) is 35.7 Å². The van der Waals surface area contributed by atoms with Gasteiger partial charge in [0, 0.05) is 24.2 Å². The Balaban J connectivity index is 2.14. The molecule has 20 heavy (non-hydrogen) atoms. The lowest BCUT2D eigenvalue weighted by atomic mass is 10.0. The third-order valence-electron chi connectivity index (χ3n) is 3.64. The van der Waals surface area contributed by atoms with Gasteiger partial charge >= 0.3 is 0 Å². The van der Waals surface area contributed by atoms with E-state index in [1.165, 1.54) is 12.8 Å². The Morgan fingerprint density at radius 3 is 2.75 bits per heavy atom. The summed E-state index contributed by atoms with van der Waals surface area (Å²) >= 11 is 0. The van der Waals surface area contributed by atoms with Crippen molar-refractivity contribution < 1.29 is 4.79 Å². The molecule has 0 saturated heterocycles. The molecule has 3 nitrogen and oxygen atoms in total. The molecule has 106 valence electrons. The summed E-state index contributed by atoms with van der Waals surface area (Å²) in [5, 5.41) is 0. The molecule has 0 aromatic heterocycles. The zero-order valence-corrected chi connectivity index (χ0v) is 12.3. The lowest BCUT2D eigenvalue weighted by Gasteiger charge is -2.21. The number of carbonyl (C=O) groups is 1. The third-order valence-corrected chi connectivity index (χ3v) is 3.64. The van der Waals surface area contributed by atoms with Crippen LogP contribution < -0.4 is 5.73 Å². The Bertz CT molecular complexity index is 550. The largest absolute Gasteiger partial charge is 0.339 e. The van der Waals surface area contributed by atoms with Crippen molar-refractivity contribution in [2.75, 3.05) is 19.6 Å². The summed E-state index contributed by atoms with van der Waals surface area (Å²) in [6.07, 6.45) is 2.52. The van der Waals surface area contributed by atoms with Gasteiger partial charge < -0.3 is 10.6 Å². The second-order valence-corrected chi connectivity index (χ2v) is 5.32. The van der Waals surface area contributed by atoms with Gasteiger partial charge in [0.15, 0.2) is 0 Å². The van der Waals surface area contributed by atoms with Gasteiger partial charge in [0.05, 0.1) is 6.54 Å². The molecule has 2 N–H and O–H groups in total. The van der Waals surface area contributed by atoms with Crippen LogP contribution in [0, 0.1) is 24.7 Å². The quantitative estimate of drug-likeness (QED) is 0.852. The monoisotopic (exact) mass is 270 g/mol. The van der Waals surface area contributed by atoms with E-state index in [2.05, 4.69) is 11.8 Å². The maximum Gasteiger partial charge on any atom is 0.253 e. The molecule has 1 aliphatic rings. The molecule has 1 amide bonds. The minimum absolute atomic E-state index is 0.126. The van der Waals surface area contributed by atoms with Crippen molar-refractivity contribution in [2.45, 2.75) is 26.7 Å². The molecular weight excluding hydrogens is 248 g/mol. The third kappa shape index (κ3) is 3.61. The normalized spacial score (nSPS) is 13.6. The first-order valence-electron chi connectivity index (χ1n) is 7.24. The first kappa shape index (κ1) is 14.6. The van der Waals surface area contributed by atoms with Crippen molar-refractivity contribution in [1.82, 2.24) is 4.90 Å². The lowest BCUT2D eigenvalue weighted by molar-refractivity contribution is 0.0757. The summed E-state index contributed by atoms with van der Waals surface area (Å²) in [5.41, 5.74) is 8.10. The molecule has 0 spiro atoms. The Morgan fingerprint density at radius 1 is 1.45 bits per heavy atom. The molecular formula is C17H22N2O. The number of carbonyl (C=O) groups excluding carboxylic acids is 1. The van der Waals surface area contributed by atoms with Crippen LogP contribution in [0.2, 0.25) is 0 Å². The van der Waals surface area contributed by atoms with Crippen molar-refractivity contribution in [3.8, 4) is 11.8 Å². The first-order valence-corrected chi connectivity index (χ1v) is 7.24. The number of rotatable bonds is 4. The van der Waals surface area contributed by atoms with Crippen LogP contribution >= 0.6 is 0 Å². The van der Waals surface area contributed by atoms with Crippen LogP contribution in [0.15, 0.2) is 18.2 Å². The summed E-state index contributed by atoms with van der Waals surface area (Å²) in [6.45, 7) is 6.03. The van der Waals surface area contributed by atoms with Gasteiger partial charge in [-0.25, -0.2) is 0 Å². The zero-order chi connectivity index (χ0) is 14.5. The fourth-order valence-electron chi connectivity index (χ4n) is 2.23. The second kappa shape index (κ2) is 6.58. The molecule has 2 rings (SSSR count). The number of hydrogen-bond donors (Lipinski definition) is 1. The molecule has 0 unspecified atom stereocenters. The highest BCUT2D eigenvalue weighted by Gasteiger charge is 2.26. The highest BCUT2D eigenvalue weighted by Crippen LogP contribution is 2.30. The molecule has 1 saturated carbocycles. The topological polar surface area (TPSA) is 46.3 Å². The average Bonchev–Trinajstić information content (AvgIpc) is 3.26. The molecule has 1 aromatic rings. The minimum atomic E-state index is 0.126. The van der Waals surface area contributed by atoms with Crippen LogP contribution in [0.25, 0.3) is 0 Å². The van der Waals surface area contributed by atoms with E-state index in [0.29, 0.717) is 6.54 Å². The molecule has 0 aliphatic heterocycles. The maximum atomic E-state index is 12.5. The van der Waals surface area contributed by atoms with E-state index in [-0.39, 0.29) is 5.91 Å². The predicted octanol–water partition coefficient (Wildman–Crippen LogP) is 2.18. The SMILES string of the molecule is CCN(CC1CC1)C(=O)c1ccc(C#CCN)c(C)c1. The molecule has 0 radical (unpaired) electrons. The fraction of sp³-hybridized carbons (Fsp3) is 0.471. The van der Waals surface area contributed by atoms with Crippen molar-refractivity contribution in [2.24, 2.45) is 11.7 Å². The van der Waals surface area contributed by atoms with Gasteiger partial charge in [-0.3, -0.25) is 4.79 Å². The summed E-state index contributed by atoms with van der Waals surface area (Å²) in [6, 6.07) is 5.71. The van der Waals surface area contributed by atoms with Crippen molar-refractivity contribution in [3.63, 3.8) is 0 Å². The number of nitrogens with two attached hydrogens (primary N) is 1. The smallest absolute Gasteiger partial charge is 0.253 e. The van der Waals surface area contributed by atoms with E-state index in [1.807, 2.05) is 36.9 Å². The van der Waals surface area contributed by atoms with E-state index >= 15 is 0 Å². The van der Waals surface area contributed by atoms with Gasteiger partial charge in [0.2, 0.25) is 0 Å². The fourth-order valence-corrected chi connectivity index (χ4v) is 2.23. The van der Waals surface area contributed by atoms with Crippen molar-refractivity contribution >= 4 is 5.91 Å². The summed E-state index contributed by atoms with van der Waals surface area (Å²) < 4.78 is 0. The Hall–Kier alpha value is -1.79. The van der Waals surface area contributed by atoms with E-state index in [1.54, 1.807) is 0 Å². The minimum Gasteiger partial charge on any atom is -0.339 e. The van der Waals surface area contributed by atoms with E-state index in [9.17, 15) is 4.79 Å². The highest BCUT2D eigenvalue weighted by molar-refractivity contribution is 5.94. The molecule has 1 fully saturated rings. The molecule has 0 atom stereocenters. The van der Waals surface area contributed by atoms with E-state index < -0.39 is 0 Å². The van der Waals surface area contributed by atoms with Crippen LogP contribution in [-0.2, 0) is 0 Å². The van der Waals surface area contributed by atoms with Gasteiger partial charge in [-0.1, -0.05) is 11.8 Å². The van der Waals surface area contributed by atoms with E-state index in [4.69, 9.17) is 5.73 Å². The predicted molar refractivity (Wildman–Crippen MR) is 81.4 cm³/mol. The average molecular weight is 270 g/mol. The summed E-state index contributed by atoms with van der Waals surface area (Å²) in [7, 11) is 0. The van der Waals surface area contributed by atoms with Crippen LogP contribution in [0.1, 0.15) is 41.3 Å². The number of aryl methyl sites for hydroxylation is 1. The Kier molecular flexibility index (Phi) is 4.81. The van der Waals surface area contributed by atoms with Gasteiger partial charge in [-0.05, 0) is 56.4 Å². The summed E-state index contributed by atoms with van der Waals surface area (Å²) in [5.74, 6) is 6.71. The van der Waals surface area contributed by atoms with Crippen LogP contribution in [0.5, 0.6) is 0 Å². The van der Waals surface area contributed by atoms with Gasteiger partial charge in [0.25, 0.3) is 5.91 Å². The molecule has 1 aromatic carbocycles. The zero-order valence-electron chi connectivity index (χ0n) is 12.3. The molecule has 1 aliphatic carbocycles. The number of benzene rings is 1. The molecule has 0 bridgehead atoms. The lowest BCUT2D eigenvalue weighted by Crippen LogP contribution is -2.32. The van der Waals surface area contributed by atoms with Crippen LogP contribution in [0.4, 0.5) is 0 Å². The van der Waals surface area contributed by atoms with Crippen molar-refractivity contribution in [3.05, 3.63) is 34.9 Å². The van der Waals surface area contributed by atoms with Crippen LogP contribution in [-0.4, -0.2) is 30.4 Å². The number of amides is 1. The van der Waals surface area contributed by atoms with Gasteiger partial charge in [0.1, 0.15) is 0 Å². The molecule has 3 heteroatoms. The highest BCUT2D eigenvalue weighted by atomic mass is 16.2. The van der Waals surface area contributed by atoms with Gasteiger partial charge in [-0.15, -0.1) is 0 Å². The van der Waals surface area contributed by atoms with Crippen LogP contribution in [0.3, 0.4) is 0 Å². The van der Waals surface area contributed by atoms with Gasteiger partial charge in [-0.2, -0.15) is 0 Å². The maximum absolute atomic E-state index is 12.5.